The van der Waals surface area contributed by atoms with Gasteiger partial charge >= 0.3 is 0 Å². The van der Waals surface area contributed by atoms with E-state index in [0.29, 0.717) is 11.8 Å². The fourth-order valence-electron chi connectivity index (χ4n) is 9.25. The van der Waals surface area contributed by atoms with E-state index < -0.39 is 0 Å². The first kappa shape index (κ1) is 28.0. The quantitative estimate of drug-likeness (QED) is 0.186. The Bertz CT molecular complexity index is 1750. The van der Waals surface area contributed by atoms with Crippen molar-refractivity contribution in [1.29, 1.82) is 0 Å². The van der Waals surface area contributed by atoms with Crippen LogP contribution in [0.25, 0.3) is 0 Å². The van der Waals surface area contributed by atoms with E-state index in [1.54, 1.807) is 0 Å². The summed E-state index contributed by atoms with van der Waals surface area (Å²) in [5.41, 5.74) is 16.2. The average Bonchev–Trinajstić information content (AvgIpc) is 3.12. The lowest BCUT2D eigenvalue weighted by Crippen LogP contribution is -2.61. The molecule has 5 aromatic rings. The molecule has 0 aromatic heterocycles. The highest BCUT2D eigenvalue weighted by Gasteiger charge is 2.43. The molecular weight excluding hydrogens is 555 g/mol. The second kappa shape index (κ2) is 11.5. The summed E-state index contributed by atoms with van der Waals surface area (Å²) in [5.74, 6) is 1.42. The van der Waals surface area contributed by atoms with E-state index in [0.717, 1.165) is 0 Å². The van der Waals surface area contributed by atoms with Crippen LogP contribution < -0.4 is 26.2 Å². The molecule has 0 amide bonds. The fourth-order valence-corrected chi connectivity index (χ4v) is 9.25. The largest absolute Gasteiger partial charge is 0.311 e. The number of rotatable bonds is 4. The van der Waals surface area contributed by atoms with Gasteiger partial charge in [0, 0.05) is 34.1 Å². The summed E-state index contributed by atoms with van der Waals surface area (Å²) >= 11 is 0. The van der Waals surface area contributed by atoms with Crippen LogP contribution in [0.1, 0.15) is 92.7 Å². The van der Waals surface area contributed by atoms with Crippen LogP contribution in [0.4, 0.5) is 34.1 Å². The lowest BCUT2D eigenvalue weighted by molar-refractivity contribution is 0.443. The molecule has 3 heteroatoms. The van der Waals surface area contributed by atoms with Gasteiger partial charge in [-0.3, -0.25) is 0 Å². The van der Waals surface area contributed by atoms with E-state index in [1.165, 1.54) is 131 Å². The Hall–Kier alpha value is -4.24. The van der Waals surface area contributed by atoms with E-state index in [4.69, 9.17) is 0 Å². The number of para-hydroxylation sites is 2. The Balaban J connectivity index is 1.20. The van der Waals surface area contributed by atoms with Gasteiger partial charge in [0.15, 0.2) is 0 Å². The number of benzene rings is 5. The zero-order valence-electron chi connectivity index (χ0n) is 27.1. The highest BCUT2D eigenvalue weighted by Crippen LogP contribution is 2.45. The van der Waals surface area contributed by atoms with Crippen LogP contribution in [0, 0.1) is 6.92 Å². The summed E-state index contributed by atoms with van der Waals surface area (Å²) in [7, 11) is 0. The van der Waals surface area contributed by atoms with Gasteiger partial charge in [0.1, 0.15) is 0 Å². The Morgan fingerprint density at radius 2 is 0.891 bits per heavy atom. The van der Waals surface area contributed by atoms with E-state index in [-0.39, 0.29) is 6.71 Å². The molecule has 228 valence electrons. The number of hydrogen-bond acceptors (Lipinski definition) is 2. The molecule has 5 aromatic carbocycles. The molecule has 2 fully saturated rings. The third-order valence-electron chi connectivity index (χ3n) is 11.5. The summed E-state index contributed by atoms with van der Waals surface area (Å²) in [5, 5.41) is 0. The molecule has 0 spiro atoms. The highest BCUT2D eigenvalue weighted by molar-refractivity contribution is 7.00. The molecule has 2 aliphatic heterocycles. The zero-order valence-corrected chi connectivity index (χ0v) is 27.1. The van der Waals surface area contributed by atoms with Gasteiger partial charge in [-0.1, -0.05) is 99.2 Å². The van der Waals surface area contributed by atoms with E-state index in [1.807, 2.05) is 0 Å². The molecule has 2 aliphatic carbocycles. The van der Waals surface area contributed by atoms with Gasteiger partial charge < -0.3 is 9.80 Å². The zero-order chi connectivity index (χ0) is 30.6. The molecule has 0 unspecified atom stereocenters. The molecule has 0 radical (unpaired) electrons. The third kappa shape index (κ3) is 4.62. The molecule has 2 nitrogen and oxygen atoms in total. The summed E-state index contributed by atoms with van der Waals surface area (Å²) < 4.78 is 0. The standard InChI is InChI=1S/C43H43BN2/c1-30-28-41-43-42(29-30)46(36-26-22-34(23-27-36)32-14-6-3-7-15-32)40-19-11-9-17-38(40)44(43)37-16-8-10-18-39(37)45(41)35-24-20-33(21-25-35)31-12-4-2-5-13-31/h8-11,16-29,31-32H,2-7,12-15H2,1H3. The van der Waals surface area contributed by atoms with E-state index in [2.05, 4.69) is 126 Å². The maximum atomic E-state index is 2.54. The Labute approximate surface area is 275 Å². The third-order valence-corrected chi connectivity index (χ3v) is 11.5. The van der Waals surface area contributed by atoms with Gasteiger partial charge in [-0.25, -0.2) is 0 Å². The number of anilines is 6. The van der Waals surface area contributed by atoms with Crippen LogP contribution in [0.5, 0.6) is 0 Å². The molecular formula is C43H43BN2. The van der Waals surface area contributed by atoms with Crippen molar-refractivity contribution in [3.63, 3.8) is 0 Å². The SMILES string of the molecule is Cc1cc2c3c(c1)N(c1ccc(C4CCCCC4)cc1)c1ccccc1B3c1ccccc1N2c1ccc(C2CCCCC2)cc1. The van der Waals surface area contributed by atoms with Gasteiger partial charge in [0.2, 0.25) is 0 Å². The summed E-state index contributed by atoms with van der Waals surface area (Å²) in [6, 6.07) is 42.3. The first-order valence-electron chi connectivity index (χ1n) is 17.9. The maximum Gasteiger partial charge on any atom is 0.252 e. The van der Waals surface area contributed by atoms with Crippen LogP contribution in [0.3, 0.4) is 0 Å². The van der Waals surface area contributed by atoms with Gasteiger partial charge in [-0.15, -0.1) is 0 Å². The van der Waals surface area contributed by atoms with E-state index >= 15 is 0 Å². The maximum absolute atomic E-state index is 2.54. The fraction of sp³-hybridized carbons (Fsp3) is 0.302. The molecule has 0 bridgehead atoms. The predicted molar refractivity (Wildman–Crippen MR) is 197 cm³/mol. The normalized spacial score (nSPS) is 17.8. The molecule has 46 heavy (non-hydrogen) atoms. The first-order chi connectivity index (χ1) is 22.7. The van der Waals surface area contributed by atoms with E-state index in [9.17, 15) is 0 Å². The summed E-state index contributed by atoms with van der Waals surface area (Å²) in [6.45, 7) is 2.45. The molecule has 2 heterocycles. The minimum absolute atomic E-state index is 0.188. The van der Waals surface area contributed by atoms with Crippen molar-refractivity contribution >= 4 is 57.2 Å². The van der Waals surface area contributed by atoms with Crippen molar-refractivity contribution in [1.82, 2.24) is 0 Å². The molecule has 9 rings (SSSR count). The van der Waals surface area contributed by atoms with Gasteiger partial charge in [-0.05, 0) is 126 Å². The molecule has 0 atom stereocenters. The number of nitrogens with zero attached hydrogens (tertiary/aromatic N) is 2. The van der Waals surface area contributed by atoms with Crippen molar-refractivity contribution < 1.29 is 0 Å². The van der Waals surface area contributed by atoms with Crippen LogP contribution in [-0.4, -0.2) is 6.71 Å². The van der Waals surface area contributed by atoms with Crippen LogP contribution in [0.15, 0.2) is 109 Å². The predicted octanol–water partition coefficient (Wildman–Crippen LogP) is 10.2. The van der Waals surface area contributed by atoms with Crippen LogP contribution in [-0.2, 0) is 0 Å². The van der Waals surface area contributed by atoms with Gasteiger partial charge in [-0.2, -0.15) is 0 Å². The molecule has 2 saturated carbocycles. The lowest BCUT2D eigenvalue weighted by atomic mass is 9.33. The topological polar surface area (TPSA) is 6.48 Å². The van der Waals surface area contributed by atoms with Crippen molar-refractivity contribution in [2.24, 2.45) is 0 Å². The second-order valence-electron chi connectivity index (χ2n) is 14.3. The minimum atomic E-state index is 0.188. The number of aryl methyl sites for hydroxylation is 1. The average molecular weight is 599 g/mol. The Kier molecular flexibility index (Phi) is 7.03. The number of fused-ring (bicyclic) bond motifs is 4. The van der Waals surface area contributed by atoms with Gasteiger partial charge in [0.05, 0.1) is 0 Å². The monoisotopic (exact) mass is 598 g/mol. The molecule has 4 aliphatic rings. The van der Waals surface area contributed by atoms with Crippen molar-refractivity contribution in [2.75, 3.05) is 9.80 Å². The number of hydrogen-bond donors (Lipinski definition) is 0. The summed E-state index contributed by atoms with van der Waals surface area (Å²) in [6.07, 6.45) is 13.6. The minimum Gasteiger partial charge on any atom is -0.311 e. The van der Waals surface area contributed by atoms with Gasteiger partial charge in [0.25, 0.3) is 6.71 Å². The highest BCUT2D eigenvalue weighted by atomic mass is 15.2. The van der Waals surface area contributed by atoms with Crippen LogP contribution >= 0.6 is 0 Å². The van der Waals surface area contributed by atoms with Crippen molar-refractivity contribution in [3.8, 4) is 0 Å². The summed E-state index contributed by atoms with van der Waals surface area (Å²) in [4.78, 5) is 5.08. The smallest absolute Gasteiger partial charge is 0.252 e. The lowest BCUT2D eigenvalue weighted by Gasteiger charge is -2.44. The van der Waals surface area contributed by atoms with Crippen molar-refractivity contribution in [2.45, 2.75) is 83.0 Å². The van der Waals surface area contributed by atoms with Crippen LogP contribution in [0.2, 0.25) is 0 Å². The second-order valence-corrected chi connectivity index (χ2v) is 14.3. The molecule has 0 N–H and O–H groups in total. The molecule has 0 saturated heterocycles. The Morgan fingerprint density at radius 1 is 0.478 bits per heavy atom. The van der Waals surface area contributed by atoms with Crippen molar-refractivity contribution in [3.05, 3.63) is 126 Å². The first-order valence-corrected chi connectivity index (χ1v) is 17.9. The Morgan fingerprint density at radius 3 is 1.33 bits per heavy atom.